The van der Waals surface area contributed by atoms with Crippen molar-refractivity contribution in [1.29, 1.82) is 0 Å². The van der Waals surface area contributed by atoms with E-state index >= 15 is 0 Å². The number of aryl methyl sites for hydroxylation is 2. The Morgan fingerprint density at radius 1 is 0.202 bits per heavy atom. The van der Waals surface area contributed by atoms with Crippen molar-refractivity contribution in [2.45, 2.75) is 249 Å². The van der Waals surface area contributed by atoms with Gasteiger partial charge >= 0.3 is 0 Å². The van der Waals surface area contributed by atoms with Gasteiger partial charge in [-0.05, 0) is 299 Å². The summed E-state index contributed by atoms with van der Waals surface area (Å²) in [5.74, 6) is 5.43. The fourth-order valence-electron chi connectivity index (χ4n) is 17.8. The summed E-state index contributed by atoms with van der Waals surface area (Å²) in [5, 5.41) is 0. The van der Waals surface area contributed by atoms with Gasteiger partial charge in [-0.15, -0.1) is 0 Å². The molecule has 8 aromatic carbocycles. The van der Waals surface area contributed by atoms with Crippen LogP contribution in [0.4, 0.5) is 0 Å². The van der Waals surface area contributed by atoms with Gasteiger partial charge in [-0.2, -0.15) is 0 Å². The molecule has 0 heteroatoms. The van der Waals surface area contributed by atoms with E-state index in [0.717, 1.165) is 11.8 Å². The van der Waals surface area contributed by atoms with Crippen LogP contribution in [-0.4, -0.2) is 0 Å². The van der Waals surface area contributed by atoms with E-state index in [1.54, 1.807) is 44.5 Å². The van der Waals surface area contributed by atoms with Crippen molar-refractivity contribution in [1.82, 2.24) is 0 Å². The monoisotopic (exact) mass is 1250 g/mol. The van der Waals surface area contributed by atoms with Gasteiger partial charge in [-0.3, -0.25) is 0 Å². The summed E-state index contributed by atoms with van der Waals surface area (Å²) in [6, 6.07) is 63.6. The lowest BCUT2D eigenvalue weighted by molar-refractivity contribution is 0.364. The minimum atomic E-state index is -0.0563. The first kappa shape index (κ1) is 69.1. The first-order valence-corrected chi connectivity index (χ1v) is 37.9. The quantitative estimate of drug-likeness (QED) is 0.0507. The zero-order chi connectivity index (χ0) is 67.0. The Balaban J connectivity index is 0.000000314. The second-order valence-corrected chi connectivity index (χ2v) is 34.0. The first-order chi connectivity index (χ1) is 44.9. The molecule has 0 saturated carbocycles. The van der Waals surface area contributed by atoms with Gasteiger partial charge in [0.05, 0.1) is 0 Å². The molecule has 0 aromatic heterocycles. The zero-order valence-electron chi connectivity index (χ0n) is 61.9. The smallest absolute Gasteiger partial charge is 0.0215 e. The lowest BCUT2D eigenvalue weighted by Crippen LogP contribution is -2.27. The highest BCUT2D eigenvalue weighted by Gasteiger charge is 2.47. The molecule has 0 radical (unpaired) electrons. The average Bonchev–Trinajstić information content (AvgIpc) is 1.58. The van der Waals surface area contributed by atoms with Gasteiger partial charge in [0.2, 0.25) is 0 Å². The van der Waals surface area contributed by atoms with Crippen LogP contribution >= 0.6 is 0 Å². The molecule has 0 heterocycles. The second kappa shape index (κ2) is 28.5. The van der Waals surface area contributed by atoms with E-state index < -0.39 is 0 Å². The fraction of sp³-hybridized carbons (Fsp3) is 0.489. The number of hydrogen-bond donors (Lipinski definition) is 0. The van der Waals surface area contributed by atoms with Crippen molar-refractivity contribution in [3.05, 3.63) is 213 Å². The van der Waals surface area contributed by atoms with Crippen LogP contribution in [-0.2, 0) is 21.7 Å². The summed E-state index contributed by atoms with van der Waals surface area (Å²) in [6.07, 6.45) is 19.6. The molecule has 0 saturated heterocycles. The Kier molecular flexibility index (Phi) is 20.9. The summed E-state index contributed by atoms with van der Waals surface area (Å²) in [6.45, 7) is 43.0. The molecular weight excluding hydrogens is 1130 g/mol. The van der Waals surface area contributed by atoms with E-state index in [2.05, 4.69) is 282 Å². The van der Waals surface area contributed by atoms with Crippen LogP contribution in [0.1, 0.15) is 269 Å². The predicted molar refractivity (Wildman–Crippen MR) is 411 cm³/mol. The topological polar surface area (TPSA) is 0 Å². The highest BCUT2D eigenvalue weighted by molar-refractivity contribution is 5.90. The van der Waals surface area contributed by atoms with E-state index in [9.17, 15) is 0 Å². The lowest BCUT2D eigenvalue weighted by Gasteiger charge is -2.35. The zero-order valence-corrected chi connectivity index (χ0v) is 61.9. The Labute approximate surface area is 573 Å². The van der Waals surface area contributed by atoms with Gasteiger partial charge in [-0.1, -0.05) is 255 Å². The number of rotatable bonds is 26. The van der Waals surface area contributed by atoms with Crippen molar-refractivity contribution < 1.29 is 0 Å². The maximum absolute atomic E-state index is 2.68. The fourth-order valence-corrected chi connectivity index (χ4v) is 17.8. The summed E-state index contributed by atoms with van der Waals surface area (Å²) >= 11 is 0. The standard InChI is InChI=1S/C70H88.C24H32/c1-45(2)28-34-68(35-29-46(3)4)62-17-15-14-16-56(62)58-24-19-52(41-64(58)68)54-21-26-60-61-27-22-55(44-67(61)70(66(60)43-54,38-32-49(9)10)39-33-50(11)12)53-20-25-59-57-23-18-51(13)40-63(57)69(65(59)42-53,36-30-47(5)6)37-31-48(7)8;1-17(2)12-14-24(15-13-18(3)4)22-9-7-6-8-20(22)21-11-10-19(5)16-23(21)24/h14-27,40-50H,28-39H2,1-13H3;6-11,16-18H,12-15H2,1-5H3. The van der Waals surface area contributed by atoms with Crippen LogP contribution in [0.15, 0.2) is 158 Å². The van der Waals surface area contributed by atoms with E-state index in [4.69, 9.17) is 0 Å². The number of fused-ring (bicyclic) bond motifs is 12. The lowest BCUT2D eigenvalue weighted by atomic mass is 9.68. The Bertz CT molecular complexity index is 3880. The molecule has 0 N–H and O–H groups in total. The third-order valence-electron chi connectivity index (χ3n) is 23.4. The average molecular weight is 1250 g/mol. The van der Waals surface area contributed by atoms with E-state index in [1.165, 1.54) is 181 Å². The SMILES string of the molecule is Cc1ccc2c(c1)C(CCC(C)C)(CCC(C)C)c1cc(-c3ccc4c(c3)C(CCC(C)C)(CCC(C)C)c3cc(-c5ccc6c(c5)C(CCC(C)C)(CCC(C)C)c5ccccc5-6)ccc3-4)ccc1-2.Cc1ccc2c(c1)C(CCC(C)C)(CCC(C)C)c1ccccc1-2. The summed E-state index contributed by atoms with van der Waals surface area (Å²) in [4.78, 5) is 0. The van der Waals surface area contributed by atoms with Crippen molar-refractivity contribution in [2.75, 3.05) is 0 Å². The molecule has 4 aliphatic carbocycles. The minimum absolute atomic E-state index is 0.0335. The molecule has 0 bridgehead atoms. The largest absolute Gasteiger partial charge is 0.0628 e. The molecular formula is C94H120. The molecule has 94 heavy (non-hydrogen) atoms. The predicted octanol–water partition coefficient (Wildman–Crippen LogP) is 27.9. The van der Waals surface area contributed by atoms with Crippen LogP contribution in [0, 0.1) is 61.2 Å². The highest BCUT2D eigenvalue weighted by atomic mass is 14.5. The van der Waals surface area contributed by atoms with Gasteiger partial charge in [0.15, 0.2) is 0 Å². The van der Waals surface area contributed by atoms with Gasteiger partial charge in [0, 0.05) is 21.7 Å². The third-order valence-corrected chi connectivity index (χ3v) is 23.4. The highest BCUT2D eigenvalue weighted by Crippen LogP contribution is 2.61. The molecule has 0 aliphatic heterocycles. The Hall–Kier alpha value is -6.24. The Morgan fingerprint density at radius 3 is 0.606 bits per heavy atom. The van der Waals surface area contributed by atoms with Crippen LogP contribution < -0.4 is 0 Å². The van der Waals surface area contributed by atoms with E-state index in [0.29, 0.717) is 35.5 Å². The normalized spacial score (nSPS) is 15.4. The summed E-state index contributed by atoms with van der Waals surface area (Å²) < 4.78 is 0. The first-order valence-electron chi connectivity index (χ1n) is 37.9. The van der Waals surface area contributed by atoms with Crippen molar-refractivity contribution >= 4 is 0 Å². The van der Waals surface area contributed by atoms with Crippen LogP contribution in [0.2, 0.25) is 0 Å². The number of benzene rings is 8. The van der Waals surface area contributed by atoms with Crippen LogP contribution in [0.3, 0.4) is 0 Å². The maximum atomic E-state index is 2.68. The van der Waals surface area contributed by atoms with Crippen LogP contribution in [0.5, 0.6) is 0 Å². The second-order valence-electron chi connectivity index (χ2n) is 34.0. The van der Waals surface area contributed by atoms with E-state index in [-0.39, 0.29) is 21.7 Å². The van der Waals surface area contributed by atoms with Gasteiger partial charge in [0.25, 0.3) is 0 Å². The molecule has 0 amide bonds. The third kappa shape index (κ3) is 13.5. The molecule has 0 unspecified atom stereocenters. The molecule has 0 fully saturated rings. The van der Waals surface area contributed by atoms with Gasteiger partial charge in [-0.25, -0.2) is 0 Å². The minimum Gasteiger partial charge on any atom is -0.0628 e. The van der Waals surface area contributed by atoms with Crippen molar-refractivity contribution in [3.63, 3.8) is 0 Å². The Morgan fingerprint density at radius 2 is 0.383 bits per heavy atom. The van der Waals surface area contributed by atoms with Crippen molar-refractivity contribution in [2.24, 2.45) is 47.3 Å². The van der Waals surface area contributed by atoms with Gasteiger partial charge < -0.3 is 0 Å². The molecule has 0 atom stereocenters. The molecule has 4 aliphatic rings. The van der Waals surface area contributed by atoms with Crippen molar-refractivity contribution in [3.8, 4) is 66.8 Å². The molecule has 8 aromatic rings. The van der Waals surface area contributed by atoms with E-state index in [1.807, 2.05) is 0 Å². The molecule has 12 rings (SSSR count). The molecule has 0 spiro atoms. The molecule has 0 nitrogen and oxygen atoms in total. The van der Waals surface area contributed by atoms with Gasteiger partial charge in [0.1, 0.15) is 0 Å². The summed E-state index contributed by atoms with van der Waals surface area (Å²) in [5.41, 5.74) is 32.8. The summed E-state index contributed by atoms with van der Waals surface area (Å²) in [7, 11) is 0. The maximum Gasteiger partial charge on any atom is 0.0215 e. The van der Waals surface area contributed by atoms with Crippen LogP contribution in [0.25, 0.3) is 66.8 Å². The number of hydrogen-bond acceptors (Lipinski definition) is 0. The molecule has 496 valence electrons.